The van der Waals surface area contributed by atoms with Crippen LogP contribution in [-0.2, 0) is 4.79 Å². The number of hydrogen-bond acceptors (Lipinski definition) is 6. The Morgan fingerprint density at radius 2 is 2.28 bits per heavy atom. The zero-order valence-corrected chi connectivity index (χ0v) is 14.2. The van der Waals surface area contributed by atoms with Crippen molar-refractivity contribution in [3.05, 3.63) is 12.3 Å². The summed E-state index contributed by atoms with van der Waals surface area (Å²) in [4.78, 5) is 12.7. The molecule has 1 aliphatic carbocycles. The topological polar surface area (TPSA) is 126 Å². The number of anilines is 1. The number of aliphatic hydroxyl groups excluding tert-OH is 1. The van der Waals surface area contributed by atoms with E-state index in [9.17, 15) is 15.2 Å². The van der Waals surface area contributed by atoms with Crippen LogP contribution < -0.4 is 16.0 Å². The second kappa shape index (κ2) is 8.32. The number of nitriles is 1. The molecule has 136 valence electrons. The predicted octanol–water partition coefficient (Wildman–Crippen LogP) is 0.707. The van der Waals surface area contributed by atoms with Gasteiger partial charge in [0.25, 0.3) is 0 Å². The lowest BCUT2D eigenvalue weighted by Gasteiger charge is -2.30. The molecule has 5 N–H and O–H groups in total. The van der Waals surface area contributed by atoms with Crippen molar-refractivity contribution >= 4 is 11.7 Å². The first kappa shape index (κ1) is 17.7. The lowest BCUT2D eigenvalue weighted by atomic mass is 9.91. The number of amides is 1. The Hall–Kier alpha value is -2.11. The van der Waals surface area contributed by atoms with Crippen LogP contribution in [-0.4, -0.2) is 46.1 Å². The quantitative estimate of drug-likeness (QED) is 0.472. The summed E-state index contributed by atoms with van der Waals surface area (Å²) in [6.45, 7) is 0.790. The van der Waals surface area contributed by atoms with Gasteiger partial charge in [-0.2, -0.15) is 10.4 Å². The van der Waals surface area contributed by atoms with Crippen LogP contribution in [0.2, 0.25) is 0 Å². The van der Waals surface area contributed by atoms with Crippen molar-refractivity contribution in [2.45, 2.75) is 56.8 Å². The molecule has 2 fully saturated rings. The van der Waals surface area contributed by atoms with Gasteiger partial charge < -0.3 is 15.7 Å². The molecule has 4 atom stereocenters. The normalized spacial score (nSPS) is 25.6. The minimum atomic E-state index is -0.605. The van der Waals surface area contributed by atoms with Crippen LogP contribution in [0.25, 0.3) is 0 Å². The van der Waals surface area contributed by atoms with Crippen molar-refractivity contribution < 1.29 is 9.90 Å². The van der Waals surface area contributed by atoms with Gasteiger partial charge in [0.15, 0.2) is 0 Å². The maximum absolute atomic E-state index is 12.7. The smallest absolute Gasteiger partial charge is 0.243 e. The van der Waals surface area contributed by atoms with E-state index in [1.54, 1.807) is 12.3 Å². The fraction of sp³-hybridized carbons (Fsp3) is 0.706. The van der Waals surface area contributed by atoms with Gasteiger partial charge in [0.2, 0.25) is 5.91 Å². The highest BCUT2D eigenvalue weighted by molar-refractivity contribution is 5.84. The standard InChI is InChI=1S/C17H26N6O2/c18-10-13(9-12-2-1-6-19-16(12)24)21-17(25)14(8-11-3-4-11)22-15-5-7-20-23-15/h5,7,11-14,16,19,24H,1-4,6,8-9H2,(H,21,25)(H2,20,22,23)/t12-,13-,14-,16?/m0/s1. The van der Waals surface area contributed by atoms with Crippen LogP contribution in [0.1, 0.15) is 38.5 Å². The second-order valence-corrected chi connectivity index (χ2v) is 7.07. The van der Waals surface area contributed by atoms with E-state index in [4.69, 9.17) is 0 Å². The first-order chi connectivity index (χ1) is 12.2. The van der Waals surface area contributed by atoms with Crippen LogP contribution in [0.3, 0.4) is 0 Å². The maximum Gasteiger partial charge on any atom is 0.243 e. The van der Waals surface area contributed by atoms with Gasteiger partial charge in [-0.1, -0.05) is 12.8 Å². The molecule has 1 saturated heterocycles. The largest absolute Gasteiger partial charge is 0.378 e. The summed E-state index contributed by atoms with van der Waals surface area (Å²) < 4.78 is 0. The molecule has 0 aromatic carbocycles. The maximum atomic E-state index is 12.7. The van der Waals surface area contributed by atoms with Gasteiger partial charge in [-0.25, -0.2) is 0 Å². The van der Waals surface area contributed by atoms with Crippen LogP contribution >= 0.6 is 0 Å². The second-order valence-electron chi connectivity index (χ2n) is 7.07. The highest BCUT2D eigenvalue weighted by Crippen LogP contribution is 2.34. The summed E-state index contributed by atoms with van der Waals surface area (Å²) >= 11 is 0. The lowest BCUT2D eigenvalue weighted by Crippen LogP contribution is -2.48. The molecule has 1 unspecified atom stereocenters. The number of piperidine rings is 1. The van der Waals surface area contributed by atoms with Crippen molar-refractivity contribution in [1.82, 2.24) is 20.8 Å². The number of aliphatic hydroxyl groups is 1. The molecule has 8 heteroatoms. The first-order valence-electron chi connectivity index (χ1n) is 9.03. The highest BCUT2D eigenvalue weighted by Gasteiger charge is 2.32. The molecule has 1 aromatic rings. The summed E-state index contributed by atoms with van der Waals surface area (Å²) in [7, 11) is 0. The van der Waals surface area contributed by atoms with Gasteiger partial charge in [-0.15, -0.1) is 0 Å². The zero-order chi connectivity index (χ0) is 17.6. The number of aromatic nitrogens is 2. The first-order valence-corrected chi connectivity index (χ1v) is 9.03. The molecule has 2 heterocycles. The summed E-state index contributed by atoms with van der Waals surface area (Å²) in [5, 5.41) is 35.1. The van der Waals surface area contributed by atoms with Gasteiger partial charge in [0.1, 0.15) is 24.1 Å². The molecule has 0 radical (unpaired) electrons. The summed E-state index contributed by atoms with van der Waals surface area (Å²) in [5.74, 6) is 1.07. The molecule has 0 bridgehead atoms. The van der Waals surface area contributed by atoms with E-state index in [1.807, 2.05) is 0 Å². The SMILES string of the molecule is N#C[C@H](C[C@@H]1CCCNC1O)NC(=O)[C@H](CC1CC1)Nc1ccn[nH]1. The fourth-order valence-corrected chi connectivity index (χ4v) is 3.35. The number of carbonyl (C=O) groups is 1. The summed E-state index contributed by atoms with van der Waals surface area (Å²) in [6.07, 6.45) is 6.36. The molecule has 1 saturated carbocycles. The molecule has 8 nitrogen and oxygen atoms in total. The molecular formula is C17H26N6O2. The van der Waals surface area contributed by atoms with E-state index in [1.165, 1.54) is 0 Å². The average Bonchev–Trinajstić information content (AvgIpc) is 3.28. The van der Waals surface area contributed by atoms with Crippen LogP contribution in [0.5, 0.6) is 0 Å². The van der Waals surface area contributed by atoms with Crippen LogP contribution in [0, 0.1) is 23.2 Å². The van der Waals surface area contributed by atoms with Gasteiger partial charge >= 0.3 is 0 Å². The van der Waals surface area contributed by atoms with E-state index < -0.39 is 18.3 Å². The molecule has 1 aromatic heterocycles. The Labute approximate surface area is 147 Å². The third-order valence-corrected chi connectivity index (χ3v) is 4.98. The Morgan fingerprint density at radius 3 is 2.92 bits per heavy atom. The molecule has 0 spiro atoms. The Balaban J connectivity index is 1.57. The minimum Gasteiger partial charge on any atom is -0.378 e. The van der Waals surface area contributed by atoms with Crippen LogP contribution in [0.15, 0.2) is 12.3 Å². The number of aromatic amines is 1. The van der Waals surface area contributed by atoms with Crippen molar-refractivity contribution in [3.63, 3.8) is 0 Å². The number of nitrogens with zero attached hydrogens (tertiary/aromatic N) is 2. The minimum absolute atomic E-state index is 0.0128. The fourth-order valence-electron chi connectivity index (χ4n) is 3.35. The van der Waals surface area contributed by atoms with E-state index in [0.29, 0.717) is 18.2 Å². The van der Waals surface area contributed by atoms with E-state index in [0.717, 1.165) is 38.6 Å². The van der Waals surface area contributed by atoms with Crippen molar-refractivity contribution in [2.75, 3.05) is 11.9 Å². The van der Waals surface area contributed by atoms with Gasteiger partial charge in [0.05, 0.1) is 12.3 Å². The number of nitrogens with one attached hydrogen (secondary N) is 4. The third kappa shape index (κ3) is 5.18. The molecule has 1 amide bonds. The van der Waals surface area contributed by atoms with Crippen molar-refractivity contribution in [1.29, 1.82) is 5.26 Å². The number of H-pyrrole nitrogens is 1. The number of hydrogen-bond donors (Lipinski definition) is 5. The molecular weight excluding hydrogens is 320 g/mol. The van der Waals surface area contributed by atoms with Crippen molar-refractivity contribution in [3.8, 4) is 6.07 Å². The Bertz CT molecular complexity index is 595. The van der Waals surface area contributed by atoms with Gasteiger partial charge in [-0.05, 0) is 44.2 Å². The summed E-state index contributed by atoms with van der Waals surface area (Å²) in [5.41, 5.74) is 0. The zero-order valence-electron chi connectivity index (χ0n) is 14.2. The number of carbonyl (C=O) groups excluding carboxylic acids is 1. The predicted molar refractivity (Wildman–Crippen MR) is 92.2 cm³/mol. The Morgan fingerprint density at radius 1 is 1.44 bits per heavy atom. The van der Waals surface area contributed by atoms with Crippen molar-refractivity contribution in [2.24, 2.45) is 11.8 Å². The number of rotatable bonds is 8. The van der Waals surface area contributed by atoms with E-state index in [2.05, 4.69) is 32.2 Å². The van der Waals surface area contributed by atoms with Gasteiger partial charge in [0, 0.05) is 5.92 Å². The molecule has 3 rings (SSSR count). The Kier molecular flexibility index (Phi) is 5.89. The molecule has 25 heavy (non-hydrogen) atoms. The average molecular weight is 346 g/mol. The molecule has 2 aliphatic rings. The molecule has 1 aliphatic heterocycles. The third-order valence-electron chi connectivity index (χ3n) is 4.98. The van der Waals surface area contributed by atoms with Crippen LogP contribution in [0.4, 0.5) is 5.82 Å². The lowest BCUT2D eigenvalue weighted by molar-refractivity contribution is -0.122. The van der Waals surface area contributed by atoms with E-state index in [-0.39, 0.29) is 11.8 Å². The monoisotopic (exact) mass is 346 g/mol. The van der Waals surface area contributed by atoms with E-state index >= 15 is 0 Å². The summed E-state index contributed by atoms with van der Waals surface area (Å²) in [6, 6.07) is 2.95. The highest BCUT2D eigenvalue weighted by atomic mass is 16.3. The van der Waals surface area contributed by atoms with Gasteiger partial charge in [-0.3, -0.25) is 15.2 Å².